The fourth-order valence-electron chi connectivity index (χ4n) is 2.59. The van der Waals surface area contributed by atoms with E-state index in [1.54, 1.807) is 24.3 Å². The highest BCUT2D eigenvalue weighted by molar-refractivity contribution is 5.92. The topological polar surface area (TPSA) is 64.6 Å². The van der Waals surface area contributed by atoms with Crippen molar-refractivity contribution in [3.05, 3.63) is 24.3 Å². The van der Waals surface area contributed by atoms with Crippen LogP contribution in [-0.2, 0) is 14.3 Å². The third-order valence-corrected chi connectivity index (χ3v) is 3.73. The predicted octanol–water partition coefficient (Wildman–Crippen LogP) is 3.15. The molecule has 0 radical (unpaired) electrons. The Morgan fingerprint density at radius 2 is 1.82 bits per heavy atom. The van der Waals surface area contributed by atoms with Crippen LogP contribution in [-0.4, -0.2) is 25.1 Å². The van der Waals surface area contributed by atoms with E-state index in [4.69, 9.17) is 9.47 Å². The lowest BCUT2D eigenvalue weighted by Gasteiger charge is -2.19. The van der Waals surface area contributed by atoms with E-state index < -0.39 is 0 Å². The molecule has 0 saturated heterocycles. The van der Waals surface area contributed by atoms with Gasteiger partial charge in [0.1, 0.15) is 5.75 Å². The highest BCUT2D eigenvalue weighted by Crippen LogP contribution is 2.24. The zero-order chi connectivity index (χ0) is 15.8. The Morgan fingerprint density at radius 3 is 2.45 bits per heavy atom. The van der Waals surface area contributed by atoms with Crippen LogP contribution >= 0.6 is 0 Å². The number of rotatable bonds is 6. The maximum Gasteiger partial charge on any atom is 0.309 e. The average Bonchev–Trinajstić information content (AvgIpc) is 2.55. The van der Waals surface area contributed by atoms with Gasteiger partial charge in [-0.25, -0.2) is 0 Å². The third kappa shape index (κ3) is 5.06. The van der Waals surface area contributed by atoms with Crippen molar-refractivity contribution in [3.63, 3.8) is 0 Å². The lowest BCUT2D eigenvalue weighted by atomic mass is 9.89. The van der Waals surface area contributed by atoms with Crippen molar-refractivity contribution < 1.29 is 19.1 Å². The minimum absolute atomic E-state index is 0.0352. The number of carbonyl (C=O) groups is 2. The van der Waals surface area contributed by atoms with Gasteiger partial charge in [0.25, 0.3) is 5.91 Å². The molecular weight excluding hydrogens is 282 g/mol. The zero-order valence-electron chi connectivity index (χ0n) is 13.0. The molecule has 0 spiro atoms. The molecule has 1 N–H and O–H groups in total. The Hall–Kier alpha value is -2.04. The Balaban J connectivity index is 1.73. The summed E-state index contributed by atoms with van der Waals surface area (Å²) in [6.45, 7) is 2.28. The maximum absolute atomic E-state index is 11.9. The number of nitrogens with one attached hydrogen (secondary N) is 1. The van der Waals surface area contributed by atoms with Gasteiger partial charge in [0.2, 0.25) is 0 Å². The van der Waals surface area contributed by atoms with Crippen LogP contribution in [0.2, 0.25) is 0 Å². The molecule has 0 heterocycles. The quantitative estimate of drug-likeness (QED) is 0.820. The van der Waals surface area contributed by atoms with Crippen LogP contribution in [0.3, 0.4) is 0 Å². The molecule has 2 rings (SSSR count). The van der Waals surface area contributed by atoms with Gasteiger partial charge in [-0.2, -0.15) is 0 Å². The van der Waals surface area contributed by atoms with Gasteiger partial charge < -0.3 is 14.8 Å². The lowest BCUT2D eigenvalue weighted by Crippen LogP contribution is -2.26. The number of amides is 1. The van der Waals surface area contributed by atoms with Crippen molar-refractivity contribution in [3.8, 4) is 5.75 Å². The van der Waals surface area contributed by atoms with Crippen LogP contribution in [0.1, 0.15) is 39.0 Å². The first-order valence-electron chi connectivity index (χ1n) is 7.88. The molecule has 0 bridgehead atoms. The molecule has 0 atom stereocenters. The largest absolute Gasteiger partial charge is 0.494 e. The van der Waals surface area contributed by atoms with E-state index in [0.717, 1.165) is 31.4 Å². The Kier molecular flexibility index (Phi) is 6.25. The molecule has 1 aliphatic rings. The van der Waals surface area contributed by atoms with Gasteiger partial charge >= 0.3 is 5.97 Å². The monoisotopic (exact) mass is 305 g/mol. The summed E-state index contributed by atoms with van der Waals surface area (Å²) in [6, 6.07) is 7.08. The van der Waals surface area contributed by atoms with Gasteiger partial charge in [0.05, 0.1) is 12.5 Å². The summed E-state index contributed by atoms with van der Waals surface area (Å²) >= 11 is 0. The van der Waals surface area contributed by atoms with E-state index in [9.17, 15) is 9.59 Å². The number of carbonyl (C=O) groups excluding carboxylic acids is 2. The second kappa shape index (κ2) is 8.41. The van der Waals surface area contributed by atoms with Crippen molar-refractivity contribution in [1.29, 1.82) is 0 Å². The number of ether oxygens (including phenoxy) is 2. The van der Waals surface area contributed by atoms with Gasteiger partial charge in [-0.3, -0.25) is 9.59 Å². The first-order chi connectivity index (χ1) is 10.7. The molecule has 5 nitrogen and oxygen atoms in total. The normalized spacial score (nSPS) is 15.1. The van der Waals surface area contributed by atoms with Crippen molar-refractivity contribution in [2.75, 3.05) is 18.5 Å². The Labute approximate surface area is 131 Å². The first kappa shape index (κ1) is 16.3. The SMILES string of the molecule is CCOc1ccc(NC(=O)COC(=O)C2CCCCC2)cc1. The maximum atomic E-state index is 11.9. The zero-order valence-corrected chi connectivity index (χ0v) is 13.0. The lowest BCUT2D eigenvalue weighted by molar-refractivity contribution is -0.152. The van der Waals surface area contributed by atoms with E-state index in [0.29, 0.717) is 12.3 Å². The number of esters is 1. The Bertz CT molecular complexity index is 492. The van der Waals surface area contributed by atoms with Gasteiger partial charge in [-0.1, -0.05) is 19.3 Å². The van der Waals surface area contributed by atoms with Crippen LogP contribution in [0.5, 0.6) is 5.75 Å². The minimum Gasteiger partial charge on any atom is -0.494 e. The molecule has 0 unspecified atom stereocenters. The molecule has 22 heavy (non-hydrogen) atoms. The molecule has 1 amide bonds. The van der Waals surface area contributed by atoms with Gasteiger partial charge in [-0.05, 0) is 44.0 Å². The molecule has 1 aliphatic carbocycles. The second-order valence-corrected chi connectivity index (χ2v) is 5.45. The summed E-state index contributed by atoms with van der Waals surface area (Å²) in [4.78, 5) is 23.6. The minimum atomic E-state index is -0.326. The summed E-state index contributed by atoms with van der Waals surface area (Å²) in [5.41, 5.74) is 0.655. The van der Waals surface area contributed by atoms with Gasteiger partial charge in [0, 0.05) is 5.69 Å². The van der Waals surface area contributed by atoms with E-state index in [1.807, 2.05) is 6.92 Å². The van der Waals surface area contributed by atoms with Crippen molar-refractivity contribution in [1.82, 2.24) is 0 Å². The van der Waals surface area contributed by atoms with Gasteiger partial charge in [0.15, 0.2) is 6.61 Å². The molecule has 5 heteroatoms. The standard InChI is InChI=1S/C17H23NO4/c1-2-21-15-10-8-14(9-11-15)18-16(19)12-22-17(20)13-6-4-3-5-7-13/h8-11,13H,2-7,12H2,1H3,(H,18,19). The highest BCUT2D eigenvalue weighted by atomic mass is 16.5. The first-order valence-corrected chi connectivity index (χ1v) is 7.88. The molecule has 1 aromatic carbocycles. The highest BCUT2D eigenvalue weighted by Gasteiger charge is 2.23. The van der Waals surface area contributed by atoms with E-state index in [1.165, 1.54) is 6.42 Å². The second-order valence-electron chi connectivity index (χ2n) is 5.45. The Morgan fingerprint density at radius 1 is 1.14 bits per heavy atom. The predicted molar refractivity (Wildman–Crippen MR) is 83.8 cm³/mol. The summed E-state index contributed by atoms with van der Waals surface area (Å²) in [5.74, 6) is 0.145. The molecule has 0 aromatic heterocycles. The number of benzene rings is 1. The van der Waals surface area contributed by atoms with Crippen LogP contribution in [0.25, 0.3) is 0 Å². The van der Waals surface area contributed by atoms with E-state index >= 15 is 0 Å². The molecule has 120 valence electrons. The summed E-state index contributed by atoms with van der Waals surface area (Å²) in [7, 11) is 0. The van der Waals surface area contributed by atoms with Crippen molar-refractivity contribution in [2.24, 2.45) is 5.92 Å². The van der Waals surface area contributed by atoms with Crippen LogP contribution in [0.15, 0.2) is 24.3 Å². The summed E-state index contributed by atoms with van der Waals surface area (Å²) in [6.07, 6.45) is 5.07. The third-order valence-electron chi connectivity index (χ3n) is 3.73. The number of anilines is 1. The van der Waals surface area contributed by atoms with Crippen LogP contribution in [0.4, 0.5) is 5.69 Å². The molecule has 0 aliphatic heterocycles. The molecule has 1 fully saturated rings. The summed E-state index contributed by atoms with van der Waals surface area (Å²) < 4.78 is 10.4. The van der Waals surface area contributed by atoms with Crippen molar-refractivity contribution in [2.45, 2.75) is 39.0 Å². The molecular formula is C17H23NO4. The van der Waals surface area contributed by atoms with E-state index in [2.05, 4.69) is 5.32 Å². The number of hydrogen-bond donors (Lipinski definition) is 1. The number of hydrogen-bond acceptors (Lipinski definition) is 4. The van der Waals surface area contributed by atoms with Crippen LogP contribution in [0, 0.1) is 5.92 Å². The van der Waals surface area contributed by atoms with Gasteiger partial charge in [-0.15, -0.1) is 0 Å². The van der Waals surface area contributed by atoms with Crippen LogP contribution < -0.4 is 10.1 Å². The summed E-state index contributed by atoms with van der Waals surface area (Å²) in [5, 5.41) is 2.70. The van der Waals surface area contributed by atoms with Crippen molar-refractivity contribution >= 4 is 17.6 Å². The molecule has 1 saturated carbocycles. The smallest absolute Gasteiger partial charge is 0.309 e. The fourth-order valence-corrected chi connectivity index (χ4v) is 2.59. The molecule has 1 aromatic rings. The average molecular weight is 305 g/mol. The fraction of sp³-hybridized carbons (Fsp3) is 0.529. The van der Waals surface area contributed by atoms with E-state index in [-0.39, 0.29) is 24.4 Å².